The maximum Gasteiger partial charge on any atom is 0.150 e. The third-order valence-electron chi connectivity index (χ3n) is 4.18. The minimum absolute atomic E-state index is 0.605. The van der Waals surface area contributed by atoms with Gasteiger partial charge in [0, 0.05) is 26.7 Å². The maximum atomic E-state index is 11.1. The molecule has 2 heterocycles. The van der Waals surface area contributed by atoms with Crippen molar-refractivity contribution in [1.82, 2.24) is 4.57 Å². The monoisotopic (exact) mass is 337 g/mol. The van der Waals surface area contributed by atoms with E-state index in [0.29, 0.717) is 11.4 Å². The Morgan fingerprint density at radius 2 is 1.96 bits per heavy atom. The van der Waals surface area contributed by atoms with Crippen molar-refractivity contribution in [2.45, 2.75) is 12.8 Å². The van der Waals surface area contributed by atoms with Crippen molar-refractivity contribution < 1.29 is 4.79 Å². The number of aryl methyl sites for hydroxylation is 1. The van der Waals surface area contributed by atoms with Gasteiger partial charge in [0.15, 0.2) is 0 Å². The molecule has 0 N–H and O–H groups in total. The Morgan fingerprint density at radius 3 is 2.65 bits per heavy atom. The zero-order chi connectivity index (χ0) is 16.0. The van der Waals surface area contributed by atoms with Gasteiger partial charge in [-0.15, -0.1) is 11.3 Å². The van der Waals surface area contributed by atoms with E-state index in [9.17, 15) is 4.79 Å². The van der Waals surface area contributed by atoms with Gasteiger partial charge in [-0.25, -0.2) is 0 Å². The summed E-state index contributed by atoms with van der Waals surface area (Å²) in [6.45, 7) is 2.12. The van der Waals surface area contributed by atoms with Crippen LogP contribution in [0.3, 0.4) is 0 Å². The van der Waals surface area contributed by atoms with Gasteiger partial charge in [-0.05, 0) is 53.8 Å². The third kappa shape index (κ3) is 2.30. The van der Waals surface area contributed by atoms with E-state index in [1.807, 2.05) is 18.2 Å². The highest BCUT2D eigenvalue weighted by atomic mass is 32.1. The molecular weight excluding hydrogens is 322 g/mol. The number of thiol groups is 1. The number of fused-ring (bicyclic) bond motifs is 3. The summed E-state index contributed by atoms with van der Waals surface area (Å²) in [6.07, 6.45) is 0.895. The summed E-state index contributed by atoms with van der Waals surface area (Å²) >= 11 is 6.26. The molecule has 114 valence electrons. The predicted molar refractivity (Wildman–Crippen MR) is 102 cm³/mol. The lowest BCUT2D eigenvalue weighted by Gasteiger charge is -2.04. The normalized spacial score (nSPS) is 11.4. The number of rotatable bonds is 3. The summed E-state index contributed by atoms with van der Waals surface area (Å²) in [6, 6.07) is 14.6. The van der Waals surface area contributed by atoms with Gasteiger partial charge in [-0.3, -0.25) is 4.79 Å². The van der Waals surface area contributed by atoms with Gasteiger partial charge in [0.05, 0.1) is 11.4 Å². The molecule has 0 bridgehead atoms. The Morgan fingerprint density at radius 1 is 1.09 bits per heavy atom. The first-order chi connectivity index (χ1) is 11.2. The molecule has 0 aliphatic carbocycles. The van der Waals surface area contributed by atoms with Crippen molar-refractivity contribution in [2.75, 3.05) is 0 Å². The number of hydrogen-bond acceptors (Lipinski definition) is 3. The lowest BCUT2D eigenvalue weighted by molar-refractivity contribution is 0.112. The fourth-order valence-electron chi connectivity index (χ4n) is 3.08. The van der Waals surface area contributed by atoms with Crippen LogP contribution in [-0.2, 0) is 5.88 Å². The van der Waals surface area contributed by atoms with E-state index in [2.05, 4.69) is 53.8 Å². The van der Waals surface area contributed by atoms with Crippen LogP contribution < -0.4 is 0 Å². The molecule has 4 heteroatoms. The van der Waals surface area contributed by atoms with E-state index in [1.165, 1.54) is 16.0 Å². The van der Waals surface area contributed by atoms with Crippen LogP contribution >= 0.6 is 24.0 Å². The van der Waals surface area contributed by atoms with Gasteiger partial charge < -0.3 is 4.57 Å². The number of thiophene rings is 1. The predicted octanol–water partition coefficient (Wildman–Crippen LogP) is 5.53. The highest BCUT2D eigenvalue weighted by molar-refractivity contribution is 7.79. The van der Waals surface area contributed by atoms with E-state index in [-0.39, 0.29) is 0 Å². The van der Waals surface area contributed by atoms with Crippen molar-refractivity contribution in [3.63, 3.8) is 0 Å². The van der Waals surface area contributed by atoms with Crippen LogP contribution in [0, 0.1) is 6.92 Å². The van der Waals surface area contributed by atoms with Gasteiger partial charge in [-0.1, -0.05) is 12.1 Å². The summed E-state index contributed by atoms with van der Waals surface area (Å²) in [5.74, 6) is 0.605. The SMILES string of the molecule is Cc1csc(-c2ccc3c4cc(C=O)ccc4n(CS)c3c2)c1. The molecule has 0 atom stereocenters. The van der Waals surface area contributed by atoms with Gasteiger partial charge in [0.2, 0.25) is 0 Å². The molecule has 0 saturated heterocycles. The second-order valence-corrected chi connectivity index (χ2v) is 6.88. The number of aldehydes is 1. The lowest BCUT2D eigenvalue weighted by atomic mass is 10.1. The molecule has 2 aromatic heterocycles. The molecule has 0 amide bonds. The number of carbonyl (C=O) groups excluding carboxylic acids is 1. The zero-order valence-electron chi connectivity index (χ0n) is 12.6. The van der Waals surface area contributed by atoms with Gasteiger partial charge in [0.25, 0.3) is 0 Å². The fourth-order valence-corrected chi connectivity index (χ4v) is 4.28. The van der Waals surface area contributed by atoms with Crippen LogP contribution in [0.2, 0.25) is 0 Å². The Balaban J connectivity index is 2.04. The van der Waals surface area contributed by atoms with E-state index in [1.54, 1.807) is 11.3 Å². The number of benzene rings is 2. The molecule has 0 aliphatic heterocycles. The zero-order valence-corrected chi connectivity index (χ0v) is 14.3. The van der Waals surface area contributed by atoms with Crippen molar-refractivity contribution in [1.29, 1.82) is 0 Å². The number of aromatic nitrogens is 1. The topological polar surface area (TPSA) is 22.0 Å². The molecule has 0 spiro atoms. The van der Waals surface area contributed by atoms with Crippen LogP contribution in [-0.4, -0.2) is 10.9 Å². The number of nitrogens with zero attached hydrogens (tertiary/aromatic N) is 1. The molecule has 0 fully saturated rings. The average Bonchev–Trinajstić information content (AvgIpc) is 3.14. The van der Waals surface area contributed by atoms with Crippen LogP contribution in [0.25, 0.3) is 32.2 Å². The van der Waals surface area contributed by atoms with E-state index in [0.717, 1.165) is 28.1 Å². The summed E-state index contributed by atoms with van der Waals surface area (Å²) in [4.78, 5) is 12.4. The quantitative estimate of drug-likeness (QED) is 0.385. The fraction of sp³-hybridized carbons (Fsp3) is 0.105. The van der Waals surface area contributed by atoms with Gasteiger partial charge in [-0.2, -0.15) is 12.6 Å². The molecule has 4 aromatic rings. The smallest absolute Gasteiger partial charge is 0.150 e. The van der Waals surface area contributed by atoms with Crippen LogP contribution in [0.5, 0.6) is 0 Å². The van der Waals surface area contributed by atoms with Crippen LogP contribution in [0.4, 0.5) is 0 Å². The molecule has 23 heavy (non-hydrogen) atoms. The van der Waals surface area contributed by atoms with Crippen LogP contribution in [0.1, 0.15) is 15.9 Å². The number of carbonyl (C=O) groups is 1. The highest BCUT2D eigenvalue weighted by Crippen LogP contribution is 2.35. The molecule has 0 aliphatic rings. The Hall–Kier alpha value is -2.04. The minimum Gasteiger partial charge on any atom is -0.331 e. The molecule has 0 unspecified atom stereocenters. The van der Waals surface area contributed by atoms with E-state index < -0.39 is 0 Å². The molecular formula is C19H15NOS2. The standard InChI is InChI=1S/C19H15NOS2/c1-12-6-19(23-10-12)14-3-4-15-16-7-13(9-21)2-5-17(16)20(11-22)18(15)8-14/h2-10,22H,11H2,1H3. The van der Waals surface area contributed by atoms with Crippen molar-refractivity contribution in [2.24, 2.45) is 0 Å². The second-order valence-electron chi connectivity index (χ2n) is 5.68. The highest BCUT2D eigenvalue weighted by Gasteiger charge is 2.12. The van der Waals surface area contributed by atoms with Gasteiger partial charge in [0.1, 0.15) is 6.29 Å². The Kier molecular flexibility index (Phi) is 3.51. The summed E-state index contributed by atoms with van der Waals surface area (Å²) in [5, 5.41) is 4.44. The maximum absolute atomic E-state index is 11.1. The van der Waals surface area contributed by atoms with Crippen molar-refractivity contribution >= 4 is 52.1 Å². The molecule has 2 nitrogen and oxygen atoms in total. The first kappa shape index (κ1) is 14.5. The first-order valence-corrected chi connectivity index (χ1v) is 8.90. The average molecular weight is 337 g/mol. The lowest BCUT2D eigenvalue weighted by Crippen LogP contribution is -1.91. The van der Waals surface area contributed by atoms with Crippen molar-refractivity contribution in [3.05, 3.63) is 59.0 Å². The van der Waals surface area contributed by atoms with Crippen LogP contribution in [0.15, 0.2) is 47.8 Å². The largest absolute Gasteiger partial charge is 0.331 e. The minimum atomic E-state index is 0.605. The summed E-state index contributed by atoms with van der Waals surface area (Å²) in [5.41, 5.74) is 5.47. The Bertz CT molecular complexity index is 1040. The molecule has 0 radical (unpaired) electrons. The molecule has 2 aromatic carbocycles. The molecule has 0 saturated carbocycles. The second kappa shape index (κ2) is 5.55. The third-order valence-corrected chi connectivity index (χ3v) is 5.56. The van der Waals surface area contributed by atoms with E-state index >= 15 is 0 Å². The van der Waals surface area contributed by atoms with E-state index in [4.69, 9.17) is 0 Å². The summed E-state index contributed by atoms with van der Waals surface area (Å²) in [7, 11) is 0. The first-order valence-electron chi connectivity index (χ1n) is 7.39. The Labute approximate surface area is 143 Å². The number of hydrogen-bond donors (Lipinski definition) is 1. The molecule has 4 rings (SSSR count). The van der Waals surface area contributed by atoms with Gasteiger partial charge >= 0.3 is 0 Å². The van der Waals surface area contributed by atoms with Crippen molar-refractivity contribution in [3.8, 4) is 10.4 Å². The summed E-state index contributed by atoms with van der Waals surface area (Å²) < 4.78 is 2.19.